The van der Waals surface area contributed by atoms with Gasteiger partial charge in [-0.15, -0.1) is 21.2 Å². The fourth-order valence-electron chi connectivity index (χ4n) is 2.96. The maximum absolute atomic E-state index is 12.9. The van der Waals surface area contributed by atoms with Crippen LogP contribution >= 0.6 is 12.4 Å². The van der Waals surface area contributed by atoms with Crippen molar-refractivity contribution in [3.05, 3.63) is 23.8 Å². The fourth-order valence-corrected chi connectivity index (χ4v) is 2.96. The van der Waals surface area contributed by atoms with E-state index in [1.54, 1.807) is 6.07 Å². The molecule has 0 spiro atoms. The quantitative estimate of drug-likeness (QED) is 0.898. The van der Waals surface area contributed by atoms with Crippen LogP contribution < -0.4 is 15.2 Å². The Morgan fingerprint density at radius 1 is 1.19 bits per heavy atom. The molecule has 1 saturated carbocycles. The number of aliphatic hydroxyl groups is 1. The summed E-state index contributed by atoms with van der Waals surface area (Å²) in [4.78, 5) is 0. The summed E-state index contributed by atoms with van der Waals surface area (Å²) in [6, 6.07) is 3.79. The molecule has 0 radical (unpaired) electrons. The maximum atomic E-state index is 12.9. The molecule has 1 heterocycles. The topological polar surface area (TPSA) is 64.7 Å². The number of nitrogens with two attached hydrogens (primary N) is 1. The third kappa shape index (κ3) is 3.22. The average Bonchev–Trinajstić information content (AvgIpc) is 3.01. The second kappa shape index (κ2) is 5.94. The molecule has 0 unspecified atom stereocenters. The minimum absolute atomic E-state index is 0. The van der Waals surface area contributed by atoms with E-state index in [9.17, 15) is 13.9 Å². The van der Waals surface area contributed by atoms with Crippen LogP contribution in [0.5, 0.6) is 11.5 Å². The Morgan fingerprint density at radius 2 is 1.81 bits per heavy atom. The summed E-state index contributed by atoms with van der Waals surface area (Å²) in [5.74, 6) is 0.125. The molecule has 3 rings (SSSR count). The van der Waals surface area contributed by atoms with Gasteiger partial charge in [0.15, 0.2) is 11.5 Å². The Kier molecular flexibility index (Phi) is 4.60. The second-order valence-electron chi connectivity index (χ2n) is 5.43. The van der Waals surface area contributed by atoms with Crippen LogP contribution in [-0.2, 0) is 0 Å². The molecule has 4 nitrogen and oxygen atoms in total. The molecule has 1 aliphatic carbocycles. The molecule has 1 fully saturated rings. The van der Waals surface area contributed by atoms with Gasteiger partial charge in [0, 0.05) is 0 Å². The largest absolute Gasteiger partial charge is 0.586 e. The van der Waals surface area contributed by atoms with Crippen molar-refractivity contribution in [2.75, 3.05) is 0 Å². The van der Waals surface area contributed by atoms with Gasteiger partial charge in [-0.25, -0.2) is 0 Å². The van der Waals surface area contributed by atoms with Crippen molar-refractivity contribution in [1.82, 2.24) is 0 Å². The monoisotopic (exact) mass is 321 g/mol. The Balaban J connectivity index is 0.00000161. The van der Waals surface area contributed by atoms with Crippen molar-refractivity contribution in [3.63, 3.8) is 0 Å². The lowest BCUT2D eigenvalue weighted by Crippen LogP contribution is -2.31. The van der Waals surface area contributed by atoms with E-state index >= 15 is 0 Å². The zero-order valence-electron chi connectivity index (χ0n) is 11.3. The summed E-state index contributed by atoms with van der Waals surface area (Å²) in [7, 11) is 0. The standard InChI is InChI=1S/C14H17F2NO3.ClH/c15-14(16)19-10-6-5-9(7-11(10)20-14)12(17)13(18)8-3-1-2-4-8;/h5-8,12-13,18H,1-4,17H2;1H/t12-,13+;/m0./s1. The molecule has 0 aromatic heterocycles. The lowest BCUT2D eigenvalue weighted by Gasteiger charge is -2.24. The van der Waals surface area contributed by atoms with Crippen molar-refractivity contribution in [2.45, 2.75) is 44.1 Å². The molecule has 0 amide bonds. The molecule has 2 atom stereocenters. The molecule has 0 bridgehead atoms. The highest BCUT2D eigenvalue weighted by Crippen LogP contribution is 2.42. The molecule has 3 N–H and O–H groups in total. The SMILES string of the molecule is Cl.N[C@@H](c1ccc2c(c1)OC(F)(F)O2)[C@H](O)C1CCCC1. The third-order valence-electron chi connectivity index (χ3n) is 4.06. The Bertz CT molecular complexity index is 509. The van der Waals surface area contributed by atoms with Crippen molar-refractivity contribution >= 4 is 12.4 Å². The van der Waals surface area contributed by atoms with Crippen LogP contribution in [0.25, 0.3) is 0 Å². The smallest absolute Gasteiger partial charge is 0.395 e. The lowest BCUT2D eigenvalue weighted by atomic mass is 9.91. The van der Waals surface area contributed by atoms with Crippen LogP contribution in [-0.4, -0.2) is 17.5 Å². The Morgan fingerprint density at radius 3 is 2.48 bits per heavy atom. The van der Waals surface area contributed by atoms with Crippen LogP contribution in [0.1, 0.15) is 37.3 Å². The van der Waals surface area contributed by atoms with Crippen LogP contribution in [0.15, 0.2) is 18.2 Å². The number of hydrogen-bond donors (Lipinski definition) is 2. The van der Waals surface area contributed by atoms with Gasteiger partial charge in [0.25, 0.3) is 0 Å². The van der Waals surface area contributed by atoms with Gasteiger partial charge in [-0.05, 0) is 36.5 Å². The lowest BCUT2D eigenvalue weighted by molar-refractivity contribution is -0.286. The zero-order chi connectivity index (χ0) is 14.3. The van der Waals surface area contributed by atoms with Gasteiger partial charge in [-0.3, -0.25) is 0 Å². The molecule has 118 valence electrons. The van der Waals surface area contributed by atoms with E-state index in [1.165, 1.54) is 12.1 Å². The Hall–Kier alpha value is -1.11. The van der Waals surface area contributed by atoms with Gasteiger partial charge in [0.05, 0.1) is 12.1 Å². The van der Waals surface area contributed by atoms with Crippen LogP contribution in [0.3, 0.4) is 0 Å². The molecular formula is C14H18ClF2NO3. The highest BCUT2D eigenvalue weighted by atomic mass is 35.5. The van der Waals surface area contributed by atoms with Crippen molar-refractivity contribution in [1.29, 1.82) is 0 Å². The van der Waals surface area contributed by atoms with E-state index in [1.807, 2.05) is 0 Å². The number of benzene rings is 1. The van der Waals surface area contributed by atoms with Gasteiger partial charge >= 0.3 is 6.29 Å². The van der Waals surface area contributed by atoms with E-state index in [0.29, 0.717) is 5.56 Å². The highest BCUT2D eigenvalue weighted by Gasteiger charge is 2.43. The van der Waals surface area contributed by atoms with E-state index in [4.69, 9.17) is 5.73 Å². The molecule has 21 heavy (non-hydrogen) atoms. The number of aliphatic hydroxyl groups excluding tert-OH is 1. The van der Waals surface area contributed by atoms with Gasteiger partial charge in [-0.1, -0.05) is 18.9 Å². The molecule has 2 aliphatic rings. The summed E-state index contributed by atoms with van der Waals surface area (Å²) in [5, 5.41) is 10.3. The molecule has 1 aliphatic heterocycles. The zero-order valence-corrected chi connectivity index (χ0v) is 12.1. The van der Waals surface area contributed by atoms with Crippen LogP contribution in [0.2, 0.25) is 0 Å². The predicted molar refractivity (Wildman–Crippen MR) is 74.8 cm³/mol. The van der Waals surface area contributed by atoms with E-state index < -0.39 is 18.4 Å². The molecule has 1 aromatic rings. The van der Waals surface area contributed by atoms with Gasteiger partial charge in [-0.2, -0.15) is 0 Å². The fraction of sp³-hybridized carbons (Fsp3) is 0.571. The maximum Gasteiger partial charge on any atom is 0.586 e. The first-order valence-corrected chi connectivity index (χ1v) is 6.80. The summed E-state index contributed by atoms with van der Waals surface area (Å²) < 4.78 is 34.6. The minimum Gasteiger partial charge on any atom is -0.395 e. The first-order chi connectivity index (χ1) is 9.46. The number of rotatable bonds is 3. The minimum atomic E-state index is -3.63. The van der Waals surface area contributed by atoms with E-state index in [0.717, 1.165) is 25.7 Å². The van der Waals surface area contributed by atoms with Crippen molar-refractivity contribution in [2.24, 2.45) is 11.7 Å². The molecule has 7 heteroatoms. The van der Waals surface area contributed by atoms with E-state index in [2.05, 4.69) is 9.47 Å². The first kappa shape index (κ1) is 16.3. The summed E-state index contributed by atoms with van der Waals surface area (Å²) >= 11 is 0. The first-order valence-electron chi connectivity index (χ1n) is 6.80. The summed E-state index contributed by atoms with van der Waals surface area (Å²) in [5.41, 5.74) is 6.62. The molecular weight excluding hydrogens is 304 g/mol. The van der Waals surface area contributed by atoms with Crippen LogP contribution in [0.4, 0.5) is 8.78 Å². The number of hydrogen-bond acceptors (Lipinski definition) is 4. The molecule has 0 saturated heterocycles. The Labute approximate surface area is 127 Å². The summed E-state index contributed by atoms with van der Waals surface area (Å²) in [6.45, 7) is 0. The number of fused-ring (bicyclic) bond motifs is 1. The number of ether oxygens (including phenoxy) is 2. The number of alkyl halides is 2. The van der Waals surface area contributed by atoms with Crippen molar-refractivity contribution < 1.29 is 23.4 Å². The van der Waals surface area contributed by atoms with E-state index in [-0.39, 0.29) is 29.8 Å². The van der Waals surface area contributed by atoms with Crippen LogP contribution in [0, 0.1) is 5.92 Å². The summed E-state index contributed by atoms with van der Waals surface area (Å²) in [6.07, 6.45) is -0.188. The second-order valence-corrected chi connectivity index (χ2v) is 5.43. The highest BCUT2D eigenvalue weighted by molar-refractivity contribution is 5.85. The predicted octanol–water partition coefficient (Wildman–Crippen LogP) is 2.98. The normalized spacial score (nSPS) is 22.7. The van der Waals surface area contributed by atoms with Crippen molar-refractivity contribution in [3.8, 4) is 11.5 Å². The van der Waals surface area contributed by atoms with Gasteiger partial charge in [0.2, 0.25) is 0 Å². The third-order valence-corrected chi connectivity index (χ3v) is 4.06. The van der Waals surface area contributed by atoms with Gasteiger partial charge in [0.1, 0.15) is 0 Å². The average molecular weight is 322 g/mol. The molecule has 1 aromatic carbocycles. The number of halogens is 3. The van der Waals surface area contributed by atoms with Gasteiger partial charge < -0.3 is 20.3 Å².